The Morgan fingerprint density at radius 3 is 2.62 bits per heavy atom. The summed E-state index contributed by atoms with van der Waals surface area (Å²) < 4.78 is 5.27. The van der Waals surface area contributed by atoms with Gasteiger partial charge in [0.25, 0.3) is 0 Å². The van der Waals surface area contributed by atoms with Gasteiger partial charge in [-0.1, -0.05) is 41.0 Å². The predicted octanol–water partition coefficient (Wildman–Crippen LogP) is 6.49. The lowest BCUT2D eigenvalue weighted by atomic mass is 10.1. The number of halogens is 2. The van der Waals surface area contributed by atoms with Gasteiger partial charge in [0.1, 0.15) is 11.4 Å². The van der Waals surface area contributed by atoms with Gasteiger partial charge >= 0.3 is 0 Å². The van der Waals surface area contributed by atoms with E-state index in [2.05, 4.69) is 22.0 Å². The minimum atomic E-state index is -0.216. The molecular formula is C24H20Cl2N4O2. The molecule has 0 saturated carbocycles. The number of hydrogen-bond acceptors (Lipinski definition) is 5. The van der Waals surface area contributed by atoms with Crippen LogP contribution in [0.5, 0.6) is 0 Å². The molecule has 2 aromatic carbocycles. The zero-order chi connectivity index (χ0) is 23.1. The number of carbonyl (C=O) groups is 1. The summed E-state index contributed by atoms with van der Waals surface area (Å²) in [6, 6.07) is 14.0. The first-order valence-corrected chi connectivity index (χ1v) is 10.3. The van der Waals surface area contributed by atoms with Crippen molar-refractivity contribution in [1.82, 2.24) is 5.16 Å². The zero-order valence-electron chi connectivity index (χ0n) is 17.2. The summed E-state index contributed by atoms with van der Waals surface area (Å²) in [5, 5.41) is 16.1. The number of allylic oxidation sites excluding steroid dienone is 1. The number of nitrogens with zero attached hydrogens (tertiary/aromatic N) is 2. The highest BCUT2D eigenvalue weighted by atomic mass is 35.5. The summed E-state index contributed by atoms with van der Waals surface area (Å²) in [4.78, 5) is 16.1. The monoisotopic (exact) mass is 466 g/mol. The summed E-state index contributed by atoms with van der Waals surface area (Å²) in [5.41, 5.74) is 3.75. The first-order valence-electron chi connectivity index (χ1n) is 9.57. The Bertz CT molecular complexity index is 1210. The summed E-state index contributed by atoms with van der Waals surface area (Å²) >= 11 is 11.8. The maximum atomic E-state index is 12.1. The van der Waals surface area contributed by atoms with Crippen LogP contribution in [0.15, 0.2) is 82.5 Å². The van der Waals surface area contributed by atoms with E-state index < -0.39 is 0 Å². The summed E-state index contributed by atoms with van der Waals surface area (Å²) in [6.07, 6.45) is 4.45. The smallest absolute Gasteiger partial charge is 0.228 e. The van der Waals surface area contributed by atoms with Crippen LogP contribution >= 0.6 is 23.2 Å². The number of carbonyl (C=O) groups excluding carboxylic acids is 1. The standard InChI is InChI=1S/C24H20Cl2N4O2/c1-15(11-24(31)29-19-6-3-17(25)4-7-19)14-28-10-9-21(27)23-13-22(30-32-23)20-8-5-18(26)12-16(20)2/h3-10,12-14,27H,1,11H2,2H3,(H,29,31)/b10-9-,27-21?,28-14+. The van der Waals surface area contributed by atoms with E-state index in [1.165, 1.54) is 18.5 Å². The molecule has 1 aromatic heterocycles. The molecule has 0 spiro atoms. The lowest BCUT2D eigenvalue weighted by Gasteiger charge is -2.04. The van der Waals surface area contributed by atoms with Gasteiger partial charge in [0, 0.05) is 39.8 Å². The van der Waals surface area contributed by atoms with Crippen molar-refractivity contribution in [2.75, 3.05) is 5.32 Å². The molecule has 0 unspecified atom stereocenters. The second kappa shape index (κ2) is 10.7. The van der Waals surface area contributed by atoms with Gasteiger partial charge in [0.2, 0.25) is 5.91 Å². The van der Waals surface area contributed by atoms with Crippen molar-refractivity contribution in [3.05, 3.63) is 94.3 Å². The van der Waals surface area contributed by atoms with E-state index in [-0.39, 0.29) is 18.0 Å². The number of aliphatic imine (C=N–C) groups is 1. The zero-order valence-corrected chi connectivity index (χ0v) is 18.7. The van der Waals surface area contributed by atoms with E-state index in [1.807, 2.05) is 19.1 Å². The van der Waals surface area contributed by atoms with E-state index in [0.717, 1.165) is 11.1 Å². The van der Waals surface area contributed by atoms with Crippen molar-refractivity contribution in [3.8, 4) is 11.3 Å². The number of anilines is 1. The highest BCUT2D eigenvalue weighted by molar-refractivity contribution is 6.31. The molecule has 0 aliphatic heterocycles. The number of nitrogens with one attached hydrogen (secondary N) is 2. The van der Waals surface area contributed by atoms with E-state index in [9.17, 15) is 4.79 Å². The Labute approximate surface area is 195 Å². The Morgan fingerprint density at radius 1 is 1.19 bits per heavy atom. The van der Waals surface area contributed by atoms with Crippen LogP contribution in [-0.2, 0) is 4.79 Å². The Kier molecular flexibility index (Phi) is 7.76. The minimum Gasteiger partial charge on any atom is -0.354 e. The quantitative estimate of drug-likeness (QED) is 0.371. The van der Waals surface area contributed by atoms with E-state index in [1.54, 1.807) is 36.4 Å². The Hall–Kier alpha value is -3.48. The Morgan fingerprint density at radius 2 is 1.91 bits per heavy atom. The largest absolute Gasteiger partial charge is 0.354 e. The van der Waals surface area contributed by atoms with Crippen molar-refractivity contribution >= 4 is 46.7 Å². The van der Waals surface area contributed by atoms with Gasteiger partial charge in [-0.15, -0.1) is 0 Å². The maximum absolute atomic E-state index is 12.1. The van der Waals surface area contributed by atoms with E-state index >= 15 is 0 Å². The van der Waals surface area contributed by atoms with Gasteiger partial charge in [-0.05, 0) is 60.5 Å². The van der Waals surface area contributed by atoms with Crippen molar-refractivity contribution in [2.24, 2.45) is 4.99 Å². The molecule has 1 heterocycles. The topological polar surface area (TPSA) is 91.3 Å². The third kappa shape index (κ3) is 6.51. The lowest BCUT2D eigenvalue weighted by Crippen LogP contribution is -2.12. The van der Waals surface area contributed by atoms with Crippen LogP contribution in [-0.4, -0.2) is 23.0 Å². The molecule has 0 aliphatic carbocycles. The highest BCUT2D eigenvalue weighted by Gasteiger charge is 2.11. The Balaban J connectivity index is 1.52. The SMILES string of the molecule is C=C(/C=N/C=C\C(=N)c1cc(-c2ccc(Cl)cc2C)no1)CC(=O)Nc1ccc(Cl)cc1. The maximum Gasteiger partial charge on any atom is 0.228 e. The summed E-state index contributed by atoms with van der Waals surface area (Å²) in [7, 11) is 0. The molecule has 3 rings (SSSR count). The molecule has 1 amide bonds. The van der Waals surface area contributed by atoms with Crippen LogP contribution in [0.2, 0.25) is 10.0 Å². The molecule has 0 aliphatic rings. The van der Waals surface area contributed by atoms with Crippen LogP contribution in [0, 0.1) is 12.3 Å². The predicted molar refractivity (Wildman–Crippen MR) is 130 cm³/mol. The summed E-state index contributed by atoms with van der Waals surface area (Å²) in [5.74, 6) is 0.0918. The highest BCUT2D eigenvalue weighted by Crippen LogP contribution is 2.25. The molecule has 0 saturated heterocycles. The normalized spacial score (nSPS) is 11.2. The second-order valence-electron chi connectivity index (χ2n) is 6.93. The van der Waals surface area contributed by atoms with Gasteiger partial charge in [0.05, 0.1) is 6.42 Å². The third-order valence-corrected chi connectivity index (χ3v) is 4.83. The molecular weight excluding hydrogens is 447 g/mol. The number of rotatable bonds is 8. The first-order chi connectivity index (χ1) is 15.3. The molecule has 0 bridgehead atoms. The van der Waals surface area contributed by atoms with Gasteiger partial charge < -0.3 is 9.84 Å². The lowest BCUT2D eigenvalue weighted by molar-refractivity contribution is -0.115. The molecule has 0 atom stereocenters. The van der Waals surface area contributed by atoms with Gasteiger partial charge in [-0.2, -0.15) is 0 Å². The number of amides is 1. The number of benzene rings is 2. The van der Waals surface area contributed by atoms with Crippen molar-refractivity contribution in [2.45, 2.75) is 13.3 Å². The average molecular weight is 467 g/mol. The third-order valence-electron chi connectivity index (χ3n) is 4.34. The van der Waals surface area contributed by atoms with Crippen LogP contribution in [0.3, 0.4) is 0 Å². The summed E-state index contributed by atoms with van der Waals surface area (Å²) in [6.45, 7) is 5.75. The van der Waals surface area contributed by atoms with Crippen LogP contribution in [0.1, 0.15) is 17.7 Å². The van der Waals surface area contributed by atoms with Crippen LogP contribution in [0.4, 0.5) is 5.69 Å². The number of aryl methyl sites for hydroxylation is 1. The van der Waals surface area contributed by atoms with Crippen LogP contribution in [0.25, 0.3) is 11.3 Å². The number of hydrogen-bond donors (Lipinski definition) is 2. The molecule has 3 aromatic rings. The number of aromatic nitrogens is 1. The second-order valence-corrected chi connectivity index (χ2v) is 7.81. The van der Waals surface area contributed by atoms with E-state index in [0.29, 0.717) is 32.8 Å². The van der Waals surface area contributed by atoms with Crippen molar-refractivity contribution < 1.29 is 9.32 Å². The molecule has 6 nitrogen and oxygen atoms in total. The van der Waals surface area contributed by atoms with E-state index in [4.69, 9.17) is 33.1 Å². The fourth-order valence-electron chi connectivity index (χ4n) is 2.78. The molecule has 32 heavy (non-hydrogen) atoms. The van der Waals surface area contributed by atoms with Gasteiger partial charge in [0.15, 0.2) is 5.76 Å². The molecule has 0 fully saturated rings. The molecule has 2 N–H and O–H groups in total. The molecule has 8 heteroatoms. The van der Waals surface area contributed by atoms with Crippen molar-refractivity contribution in [3.63, 3.8) is 0 Å². The van der Waals surface area contributed by atoms with Gasteiger partial charge in [-0.25, -0.2) is 0 Å². The van der Waals surface area contributed by atoms with Crippen molar-refractivity contribution in [1.29, 1.82) is 5.41 Å². The van der Waals surface area contributed by atoms with Crippen LogP contribution < -0.4 is 5.32 Å². The molecule has 162 valence electrons. The average Bonchev–Trinajstić information content (AvgIpc) is 3.22. The fraction of sp³-hybridized carbons (Fsp3) is 0.0833. The first kappa shape index (κ1) is 23.2. The molecule has 0 radical (unpaired) electrons. The van der Waals surface area contributed by atoms with Gasteiger partial charge in [-0.3, -0.25) is 15.2 Å². The minimum absolute atomic E-state index is 0.0866. The fourth-order valence-corrected chi connectivity index (χ4v) is 3.13.